The number of hydrogen-bond acceptors (Lipinski definition) is 2. The van der Waals surface area contributed by atoms with Gasteiger partial charge in [-0.05, 0) is 44.8 Å². The van der Waals surface area contributed by atoms with Gasteiger partial charge in [0, 0.05) is 11.6 Å². The summed E-state index contributed by atoms with van der Waals surface area (Å²) in [5.41, 5.74) is 1.69. The van der Waals surface area contributed by atoms with E-state index in [1.807, 2.05) is 12.1 Å². The van der Waals surface area contributed by atoms with Gasteiger partial charge in [0.05, 0.1) is 7.11 Å². The number of methoxy groups -OCH3 is 1. The van der Waals surface area contributed by atoms with Crippen LogP contribution in [0.5, 0.6) is 5.75 Å². The lowest BCUT2D eigenvalue weighted by atomic mass is 9.90. The van der Waals surface area contributed by atoms with Gasteiger partial charge in [-0.25, -0.2) is 0 Å². The highest BCUT2D eigenvalue weighted by Gasteiger charge is 2.16. The molecule has 0 aromatic heterocycles. The average molecular weight is 263 g/mol. The Morgan fingerprint density at radius 3 is 2.42 bits per heavy atom. The molecule has 1 aromatic rings. The summed E-state index contributed by atoms with van der Waals surface area (Å²) >= 11 is 0. The lowest BCUT2D eigenvalue weighted by Gasteiger charge is -2.27. The highest BCUT2D eigenvalue weighted by atomic mass is 16.5. The van der Waals surface area contributed by atoms with Gasteiger partial charge in [-0.3, -0.25) is 4.90 Å². The SMILES string of the molecule is COc1ccccc1[C@H](C)N(C)CCCC(C)(C)C. The predicted octanol–water partition coefficient (Wildman–Crippen LogP) is 4.51. The number of nitrogens with zero attached hydrogens (tertiary/aromatic N) is 1. The van der Waals surface area contributed by atoms with Crippen LogP contribution in [-0.4, -0.2) is 25.6 Å². The maximum absolute atomic E-state index is 5.45. The van der Waals surface area contributed by atoms with Crippen LogP contribution in [0.3, 0.4) is 0 Å². The Kier molecular flexibility index (Phi) is 5.86. The van der Waals surface area contributed by atoms with Crippen LogP contribution in [0.25, 0.3) is 0 Å². The smallest absolute Gasteiger partial charge is 0.123 e. The molecule has 0 saturated heterocycles. The molecule has 1 rings (SSSR count). The van der Waals surface area contributed by atoms with Crippen LogP contribution < -0.4 is 4.74 Å². The normalized spacial score (nSPS) is 13.6. The first-order valence-electron chi connectivity index (χ1n) is 7.18. The van der Waals surface area contributed by atoms with Crippen molar-refractivity contribution in [1.82, 2.24) is 4.90 Å². The van der Waals surface area contributed by atoms with Gasteiger partial charge in [0.1, 0.15) is 5.75 Å². The zero-order chi connectivity index (χ0) is 14.5. The van der Waals surface area contributed by atoms with Crippen molar-refractivity contribution < 1.29 is 4.74 Å². The van der Waals surface area contributed by atoms with Gasteiger partial charge in [-0.1, -0.05) is 39.0 Å². The highest BCUT2D eigenvalue weighted by Crippen LogP contribution is 2.28. The van der Waals surface area contributed by atoms with Crippen LogP contribution in [0.1, 0.15) is 52.1 Å². The van der Waals surface area contributed by atoms with Crippen LogP contribution >= 0.6 is 0 Å². The first-order chi connectivity index (χ1) is 8.85. The second-order valence-corrected chi connectivity index (χ2v) is 6.56. The lowest BCUT2D eigenvalue weighted by molar-refractivity contribution is 0.233. The van der Waals surface area contributed by atoms with Crippen molar-refractivity contribution in [2.24, 2.45) is 5.41 Å². The number of hydrogen-bond donors (Lipinski definition) is 0. The van der Waals surface area contributed by atoms with Crippen molar-refractivity contribution >= 4 is 0 Å². The highest BCUT2D eigenvalue weighted by molar-refractivity contribution is 5.35. The third-order valence-corrected chi connectivity index (χ3v) is 3.69. The van der Waals surface area contributed by atoms with Gasteiger partial charge in [0.25, 0.3) is 0 Å². The van der Waals surface area contributed by atoms with Gasteiger partial charge in [-0.2, -0.15) is 0 Å². The lowest BCUT2D eigenvalue weighted by Crippen LogP contribution is -2.24. The standard InChI is InChI=1S/C17H29NO/c1-14(15-10-7-8-11-16(15)19-6)18(5)13-9-12-17(2,3)4/h7-8,10-11,14H,9,12-13H2,1-6H3/t14-/m0/s1. The van der Waals surface area contributed by atoms with Crippen LogP contribution in [0.4, 0.5) is 0 Å². The van der Waals surface area contributed by atoms with Gasteiger partial charge >= 0.3 is 0 Å². The first-order valence-corrected chi connectivity index (χ1v) is 7.18. The third kappa shape index (κ3) is 5.23. The van der Waals surface area contributed by atoms with Gasteiger partial charge in [0.15, 0.2) is 0 Å². The zero-order valence-electron chi connectivity index (χ0n) is 13.4. The van der Waals surface area contributed by atoms with E-state index in [-0.39, 0.29) is 0 Å². The molecule has 19 heavy (non-hydrogen) atoms. The van der Waals surface area contributed by atoms with E-state index in [2.05, 4.69) is 51.8 Å². The first kappa shape index (κ1) is 16.0. The summed E-state index contributed by atoms with van der Waals surface area (Å²) in [6.45, 7) is 10.3. The van der Waals surface area contributed by atoms with Crippen molar-refractivity contribution in [3.8, 4) is 5.75 Å². The van der Waals surface area contributed by atoms with E-state index in [1.165, 1.54) is 18.4 Å². The van der Waals surface area contributed by atoms with Crippen LogP contribution in [0.15, 0.2) is 24.3 Å². The molecule has 0 N–H and O–H groups in total. The Morgan fingerprint density at radius 2 is 1.84 bits per heavy atom. The quantitative estimate of drug-likeness (QED) is 0.748. The molecule has 0 aliphatic rings. The van der Waals surface area contributed by atoms with E-state index in [9.17, 15) is 0 Å². The molecular weight excluding hydrogens is 234 g/mol. The van der Waals surface area contributed by atoms with E-state index in [1.54, 1.807) is 7.11 Å². The third-order valence-electron chi connectivity index (χ3n) is 3.69. The van der Waals surface area contributed by atoms with Crippen LogP contribution in [0.2, 0.25) is 0 Å². The van der Waals surface area contributed by atoms with Gasteiger partial charge < -0.3 is 4.74 Å². The Bertz CT molecular complexity index is 381. The fourth-order valence-corrected chi connectivity index (χ4v) is 2.30. The molecular formula is C17H29NO. The molecule has 1 atom stereocenters. The van der Waals surface area contributed by atoms with Crippen molar-refractivity contribution in [3.63, 3.8) is 0 Å². The van der Waals surface area contributed by atoms with E-state index in [4.69, 9.17) is 4.74 Å². The molecule has 0 fully saturated rings. The maximum Gasteiger partial charge on any atom is 0.123 e. The molecule has 2 heteroatoms. The molecule has 0 aliphatic heterocycles. The molecule has 1 aromatic carbocycles. The van der Waals surface area contributed by atoms with Crippen LogP contribution in [-0.2, 0) is 0 Å². The zero-order valence-corrected chi connectivity index (χ0v) is 13.4. The molecule has 0 saturated carbocycles. The largest absolute Gasteiger partial charge is 0.496 e. The molecule has 0 radical (unpaired) electrons. The number of rotatable bonds is 6. The Morgan fingerprint density at radius 1 is 1.21 bits per heavy atom. The Balaban J connectivity index is 2.59. The van der Waals surface area contributed by atoms with E-state index in [0.29, 0.717) is 11.5 Å². The van der Waals surface area contributed by atoms with Gasteiger partial charge in [0.2, 0.25) is 0 Å². The minimum absolute atomic E-state index is 0.385. The number of ether oxygens (including phenoxy) is 1. The van der Waals surface area contributed by atoms with E-state index < -0.39 is 0 Å². The summed E-state index contributed by atoms with van der Waals surface area (Å²) in [6, 6.07) is 8.68. The monoisotopic (exact) mass is 263 g/mol. The van der Waals surface area contributed by atoms with Crippen molar-refractivity contribution in [3.05, 3.63) is 29.8 Å². The van der Waals surface area contributed by atoms with Gasteiger partial charge in [-0.15, -0.1) is 0 Å². The molecule has 108 valence electrons. The summed E-state index contributed by atoms with van der Waals surface area (Å²) in [7, 11) is 3.94. The molecule has 0 aliphatic carbocycles. The second-order valence-electron chi connectivity index (χ2n) is 6.56. The average Bonchev–Trinajstić information content (AvgIpc) is 2.36. The Labute approximate surface area is 118 Å². The van der Waals surface area contributed by atoms with Crippen molar-refractivity contribution in [1.29, 1.82) is 0 Å². The van der Waals surface area contributed by atoms with E-state index in [0.717, 1.165) is 12.3 Å². The predicted molar refractivity (Wildman–Crippen MR) is 82.7 cm³/mol. The molecule has 0 amide bonds. The number of para-hydroxylation sites is 1. The fourth-order valence-electron chi connectivity index (χ4n) is 2.30. The molecule has 0 bridgehead atoms. The summed E-state index contributed by atoms with van der Waals surface area (Å²) in [5.74, 6) is 0.984. The van der Waals surface area contributed by atoms with E-state index >= 15 is 0 Å². The molecule has 2 nitrogen and oxygen atoms in total. The summed E-state index contributed by atoms with van der Waals surface area (Å²) < 4.78 is 5.45. The molecule has 0 spiro atoms. The summed E-state index contributed by atoms with van der Waals surface area (Å²) in [5, 5.41) is 0. The minimum Gasteiger partial charge on any atom is -0.496 e. The van der Waals surface area contributed by atoms with Crippen molar-refractivity contribution in [2.75, 3.05) is 20.7 Å². The second kappa shape index (κ2) is 6.95. The summed E-state index contributed by atoms with van der Waals surface area (Å²) in [4.78, 5) is 2.41. The van der Waals surface area contributed by atoms with Crippen LogP contribution in [0, 0.1) is 5.41 Å². The number of benzene rings is 1. The maximum atomic E-state index is 5.45. The van der Waals surface area contributed by atoms with Crippen molar-refractivity contribution in [2.45, 2.75) is 46.6 Å². The topological polar surface area (TPSA) is 12.5 Å². The molecule has 0 unspecified atom stereocenters. The molecule has 0 heterocycles. The Hall–Kier alpha value is -1.02. The summed E-state index contributed by atoms with van der Waals surface area (Å²) in [6.07, 6.45) is 2.50. The minimum atomic E-state index is 0.385. The fraction of sp³-hybridized carbons (Fsp3) is 0.647.